The molecule has 1 unspecified atom stereocenters. The highest BCUT2D eigenvalue weighted by atomic mass is 35.5. The van der Waals surface area contributed by atoms with Crippen molar-refractivity contribution in [1.29, 1.82) is 0 Å². The molecule has 0 saturated carbocycles. The van der Waals surface area contributed by atoms with Gasteiger partial charge in [-0.1, -0.05) is 11.6 Å². The number of carbonyl (C=O) groups is 1. The molecule has 0 N–H and O–H groups in total. The van der Waals surface area contributed by atoms with E-state index in [0.29, 0.717) is 48.3 Å². The van der Waals surface area contributed by atoms with E-state index in [1.54, 1.807) is 11.0 Å². The van der Waals surface area contributed by atoms with Crippen LogP contribution >= 0.6 is 22.9 Å². The maximum Gasteiger partial charge on any atom is 0.316 e. The number of anilines is 1. The Hall–Kier alpha value is -1.59. The van der Waals surface area contributed by atoms with E-state index in [1.165, 1.54) is 11.3 Å². The topological polar surface area (TPSA) is 79.5 Å². The average molecular weight is 465 g/mol. The lowest BCUT2D eigenvalue weighted by molar-refractivity contribution is -0.138. The normalized spacial score (nSPS) is 25.6. The molecule has 2 aromatic heterocycles. The van der Waals surface area contributed by atoms with Gasteiger partial charge in [-0.3, -0.25) is 9.00 Å². The van der Waals surface area contributed by atoms with Crippen LogP contribution in [0.25, 0.3) is 0 Å². The fourth-order valence-corrected chi connectivity index (χ4v) is 6.16. The molecule has 2 fully saturated rings. The van der Waals surface area contributed by atoms with Gasteiger partial charge in [0.15, 0.2) is 0 Å². The van der Waals surface area contributed by atoms with E-state index in [2.05, 4.69) is 14.7 Å². The zero-order valence-corrected chi connectivity index (χ0v) is 17.7. The summed E-state index contributed by atoms with van der Waals surface area (Å²) in [7, 11) is -0.839. The van der Waals surface area contributed by atoms with Crippen LogP contribution in [0, 0.1) is 5.92 Å². The fraction of sp³-hybridized carbons (Fsp3) is 0.588. The largest absolute Gasteiger partial charge is 0.334 e. The molecular weight excluding hydrogens is 446 g/mol. The van der Waals surface area contributed by atoms with E-state index in [-0.39, 0.29) is 23.8 Å². The third-order valence-electron chi connectivity index (χ3n) is 5.22. The predicted octanol–water partition coefficient (Wildman–Crippen LogP) is 3.27. The molecule has 1 atom stereocenters. The second kappa shape index (κ2) is 8.65. The summed E-state index contributed by atoms with van der Waals surface area (Å²) in [4.78, 5) is 21.5. The molecule has 0 radical (unpaired) electrons. The maximum atomic E-state index is 13.2. The molecule has 0 aromatic carbocycles. The van der Waals surface area contributed by atoms with Crippen molar-refractivity contribution >= 4 is 45.6 Å². The number of rotatable bonds is 4. The van der Waals surface area contributed by atoms with Crippen LogP contribution in [0.15, 0.2) is 16.7 Å². The number of alkyl halides is 2. The van der Waals surface area contributed by atoms with Crippen LogP contribution in [0.2, 0.25) is 4.34 Å². The van der Waals surface area contributed by atoms with Crippen molar-refractivity contribution in [3.8, 4) is 0 Å². The summed E-state index contributed by atoms with van der Waals surface area (Å²) >= 11 is 7.49. The maximum absolute atomic E-state index is 13.2. The standard InChI is InChI=1S/C17H19ClF2N4O3S2/c18-13-2-1-12(28-13)11-9-23(17-21-15(14(19)20)27-22-17)5-6-24(11)16(25)10-3-7-29(26)8-4-10/h1-2,10-11,14H,3-9H2. The van der Waals surface area contributed by atoms with Crippen molar-refractivity contribution in [2.24, 2.45) is 5.92 Å². The van der Waals surface area contributed by atoms with Crippen molar-refractivity contribution < 1.29 is 22.3 Å². The number of amides is 1. The fourth-order valence-electron chi connectivity index (χ4n) is 3.70. The Morgan fingerprint density at radius 3 is 2.69 bits per heavy atom. The third kappa shape index (κ3) is 4.46. The van der Waals surface area contributed by atoms with Crippen LogP contribution in [0.4, 0.5) is 14.7 Å². The Morgan fingerprint density at radius 1 is 1.31 bits per heavy atom. The van der Waals surface area contributed by atoms with Crippen molar-refractivity contribution in [2.75, 3.05) is 36.0 Å². The zero-order valence-electron chi connectivity index (χ0n) is 15.3. The van der Waals surface area contributed by atoms with Gasteiger partial charge in [-0.15, -0.1) is 11.3 Å². The first-order valence-electron chi connectivity index (χ1n) is 9.19. The van der Waals surface area contributed by atoms with E-state index >= 15 is 0 Å². The number of halogens is 3. The molecule has 1 amide bonds. The zero-order chi connectivity index (χ0) is 20.5. The molecule has 29 heavy (non-hydrogen) atoms. The van der Waals surface area contributed by atoms with E-state index in [1.807, 2.05) is 11.0 Å². The Kier molecular flexibility index (Phi) is 6.16. The van der Waals surface area contributed by atoms with Crippen LogP contribution < -0.4 is 4.90 Å². The minimum Gasteiger partial charge on any atom is -0.334 e. The second-order valence-electron chi connectivity index (χ2n) is 6.99. The quantitative estimate of drug-likeness (QED) is 0.691. The van der Waals surface area contributed by atoms with E-state index in [4.69, 9.17) is 11.6 Å². The second-order valence-corrected chi connectivity index (χ2v) is 10.4. The van der Waals surface area contributed by atoms with Crippen LogP contribution in [0.5, 0.6) is 0 Å². The number of aromatic nitrogens is 2. The first-order chi connectivity index (χ1) is 13.9. The molecule has 2 aliphatic rings. The Bertz CT molecular complexity index is 899. The molecular formula is C17H19ClF2N4O3S2. The molecule has 2 aliphatic heterocycles. The Balaban J connectivity index is 1.55. The molecule has 158 valence electrons. The minimum atomic E-state index is -2.83. The highest BCUT2D eigenvalue weighted by Gasteiger charge is 2.38. The Labute approximate surface area is 177 Å². The number of nitrogens with zero attached hydrogens (tertiary/aromatic N) is 4. The lowest BCUT2D eigenvalue weighted by atomic mass is 9.98. The first-order valence-corrected chi connectivity index (χ1v) is 11.9. The lowest BCUT2D eigenvalue weighted by Gasteiger charge is -2.42. The van der Waals surface area contributed by atoms with Gasteiger partial charge in [0.1, 0.15) is 0 Å². The monoisotopic (exact) mass is 464 g/mol. The molecule has 0 bridgehead atoms. The van der Waals surface area contributed by atoms with E-state index in [9.17, 15) is 17.8 Å². The summed E-state index contributed by atoms with van der Waals surface area (Å²) < 4.78 is 42.4. The average Bonchev–Trinajstić information content (AvgIpc) is 3.37. The van der Waals surface area contributed by atoms with E-state index < -0.39 is 23.1 Å². The van der Waals surface area contributed by atoms with Gasteiger partial charge in [-0.2, -0.15) is 13.8 Å². The molecule has 4 rings (SSSR count). The molecule has 0 aliphatic carbocycles. The van der Waals surface area contributed by atoms with Crippen molar-refractivity contribution in [1.82, 2.24) is 15.0 Å². The molecule has 7 nitrogen and oxygen atoms in total. The van der Waals surface area contributed by atoms with Crippen molar-refractivity contribution in [3.05, 3.63) is 27.2 Å². The minimum absolute atomic E-state index is 0.0391. The third-order valence-corrected chi connectivity index (χ3v) is 7.94. The molecule has 2 aromatic rings. The first kappa shape index (κ1) is 20.7. The van der Waals surface area contributed by atoms with Crippen LogP contribution in [0.3, 0.4) is 0 Å². The summed E-state index contributed by atoms with van der Waals surface area (Å²) in [6, 6.07) is 3.35. The molecule has 0 spiro atoms. The van der Waals surface area contributed by atoms with Crippen molar-refractivity contribution in [2.45, 2.75) is 25.3 Å². The highest BCUT2D eigenvalue weighted by Crippen LogP contribution is 2.36. The van der Waals surface area contributed by atoms with Gasteiger partial charge in [-0.25, -0.2) is 0 Å². The molecule has 2 saturated heterocycles. The van der Waals surface area contributed by atoms with Crippen LogP contribution in [0.1, 0.15) is 36.1 Å². The number of thiophene rings is 1. The van der Waals surface area contributed by atoms with Crippen molar-refractivity contribution in [3.63, 3.8) is 0 Å². The smallest absolute Gasteiger partial charge is 0.316 e. The summed E-state index contributed by atoms with van der Waals surface area (Å²) in [5.74, 6) is 0.360. The summed E-state index contributed by atoms with van der Waals surface area (Å²) in [5.41, 5.74) is 0. The highest BCUT2D eigenvalue weighted by molar-refractivity contribution is 7.85. The van der Waals surface area contributed by atoms with Crippen LogP contribution in [-0.2, 0) is 15.6 Å². The molecule has 4 heterocycles. The number of carbonyl (C=O) groups excluding carboxylic acids is 1. The number of hydrogen-bond donors (Lipinski definition) is 0. The predicted molar refractivity (Wildman–Crippen MR) is 106 cm³/mol. The Morgan fingerprint density at radius 2 is 2.07 bits per heavy atom. The number of hydrogen-bond acceptors (Lipinski definition) is 7. The van der Waals surface area contributed by atoms with Crippen LogP contribution in [-0.4, -0.2) is 56.3 Å². The van der Waals surface area contributed by atoms with Gasteiger partial charge >= 0.3 is 6.43 Å². The van der Waals surface area contributed by atoms with E-state index in [0.717, 1.165) is 4.88 Å². The van der Waals surface area contributed by atoms with Gasteiger partial charge in [0.25, 0.3) is 11.8 Å². The van der Waals surface area contributed by atoms with Gasteiger partial charge < -0.3 is 14.3 Å². The van der Waals surface area contributed by atoms with Gasteiger partial charge in [0.2, 0.25) is 5.91 Å². The van der Waals surface area contributed by atoms with Gasteiger partial charge in [0.05, 0.1) is 10.4 Å². The number of piperazine rings is 1. The molecule has 12 heteroatoms. The van der Waals surface area contributed by atoms with Gasteiger partial charge in [0, 0.05) is 52.7 Å². The summed E-state index contributed by atoms with van der Waals surface area (Å²) in [5, 5.41) is 3.66. The van der Waals surface area contributed by atoms with Gasteiger partial charge in [-0.05, 0) is 30.1 Å². The lowest BCUT2D eigenvalue weighted by Crippen LogP contribution is -2.52. The summed E-state index contributed by atoms with van der Waals surface area (Å²) in [6.45, 7) is 1.16. The SMILES string of the molecule is O=C(C1CCS(=O)CC1)N1CCN(c2noc(C(F)F)n2)CC1c1ccc(Cl)s1. The summed E-state index contributed by atoms with van der Waals surface area (Å²) in [6.07, 6.45) is -1.60.